The molecule has 0 aliphatic carbocycles. The highest BCUT2D eigenvalue weighted by Crippen LogP contribution is 2.33. The molecule has 0 bridgehead atoms. The molecule has 0 unspecified atom stereocenters. The summed E-state index contributed by atoms with van der Waals surface area (Å²) >= 11 is 4.75. The van der Waals surface area contributed by atoms with E-state index >= 15 is 0 Å². The molecule has 1 aromatic carbocycles. The Balaban J connectivity index is 2.40. The van der Waals surface area contributed by atoms with Crippen LogP contribution < -0.4 is 4.74 Å². The van der Waals surface area contributed by atoms with Crippen LogP contribution in [0.25, 0.3) is 15.2 Å². The van der Waals surface area contributed by atoms with E-state index in [0.29, 0.717) is 5.75 Å². The third kappa shape index (κ3) is 1.58. The van der Waals surface area contributed by atoms with E-state index in [-0.39, 0.29) is 5.56 Å². The van der Waals surface area contributed by atoms with E-state index in [9.17, 15) is 4.79 Å². The van der Waals surface area contributed by atoms with E-state index < -0.39 is 5.97 Å². The highest BCUT2D eigenvalue weighted by Gasteiger charge is 2.16. The summed E-state index contributed by atoms with van der Waals surface area (Å²) in [5.41, 5.74) is 1.05. The third-order valence-corrected chi connectivity index (χ3v) is 4.02. The number of carbonyl (C=O) groups is 1. The zero-order valence-corrected chi connectivity index (χ0v) is 11.6. The van der Waals surface area contributed by atoms with Crippen LogP contribution in [-0.4, -0.2) is 27.6 Å². The summed E-state index contributed by atoms with van der Waals surface area (Å²) in [5.74, 6) is -0.652. The number of nitrogens with zero attached hydrogens (tertiary/aromatic N) is 2. The number of fused-ring (bicyclic) bond motifs is 3. The van der Waals surface area contributed by atoms with Crippen molar-refractivity contribution in [2.75, 3.05) is 7.11 Å². The van der Waals surface area contributed by atoms with Gasteiger partial charge in [0.1, 0.15) is 15.9 Å². The van der Waals surface area contributed by atoms with Gasteiger partial charge >= 0.3 is 5.97 Å². The van der Waals surface area contributed by atoms with Gasteiger partial charge in [0.2, 0.25) is 0 Å². The van der Waals surface area contributed by atoms with Gasteiger partial charge in [-0.15, -0.1) is 0 Å². The standard InChI is InChI=1S/C11H7BrN2O3S/c1-17-7-3-6-8(2-5(7)10(15)16)18-11-13-9(12)4-14(6)11/h2-4H,1H3,(H,15,16). The molecule has 5 nitrogen and oxygen atoms in total. The number of halogens is 1. The number of aromatic carboxylic acids is 1. The highest BCUT2D eigenvalue weighted by molar-refractivity contribution is 9.10. The molecular weight excluding hydrogens is 320 g/mol. The normalized spacial score (nSPS) is 11.2. The summed E-state index contributed by atoms with van der Waals surface area (Å²) in [6.07, 6.45) is 1.84. The van der Waals surface area contributed by atoms with Gasteiger partial charge < -0.3 is 9.84 Å². The van der Waals surface area contributed by atoms with Gasteiger partial charge in [0.05, 0.1) is 17.3 Å². The second kappa shape index (κ2) is 3.96. The second-order valence-corrected chi connectivity index (χ2v) is 5.47. The molecule has 0 aliphatic rings. The lowest BCUT2D eigenvalue weighted by Gasteiger charge is -2.04. The molecule has 0 radical (unpaired) electrons. The minimum Gasteiger partial charge on any atom is -0.496 e. The molecule has 18 heavy (non-hydrogen) atoms. The van der Waals surface area contributed by atoms with E-state index in [1.807, 2.05) is 10.6 Å². The fourth-order valence-electron chi connectivity index (χ4n) is 1.83. The van der Waals surface area contributed by atoms with Gasteiger partial charge in [0.15, 0.2) is 4.96 Å². The minimum absolute atomic E-state index is 0.161. The van der Waals surface area contributed by atoms with E-state index in [1.54, 1.807) is 12.1 Å². The summed E-state index contributed by atoms with van der Waals surface area (Å²) in [4.78, 5) is 16.2. The first-order valence-electron chi connectivity index (χ1n) is 4.98. The van der Waals surface area contributed by atoms with Crippen molar-refractivity contribution in [3.8, 4) is 5.75 Å². The van der Waals surface area contributed by atoms with Crippen LogP contribution >= 0.6 is 27.3 Å². The Hall–Kier alpha value is -1.60. The lowest BCUT2D eigenvalue weighted by molar-refractivity contribution is 0.0693. The highest BCUT2D eigenvalue weighted by atomic mass is 79.9. The molecule has 3 rings (SSSR count). The van der Waals surface area contributed by atoms with Crippen molar-refractivity contribution in [2.24, 2.45) is 0 Å². The number of hydrogen-bond donors (Lipinski definition) is 1. The van der Waals surface area contributed by atoms with E-state index in [1.165, 1.54) is 18.4 Å². The maximum atomic E-state index is 11.1. The first-order valence-corrected chi connectivity index (χ1v) is 6.59. The maximum absolute atomic E-state index is 11.1. The summed E-state index contributed by atoms with van der Waals surface area (Å²) in [6, 6.07) is 3.33. The predicted molar refractivity (Wildman–Crippen MR) is 71.8 cm³/mol. The Morgan fingerprint density at radius 3 is 3.00 bits per heavy atom. The van der Waals surface area contributed by atoms with Crippen molar-refractivity contribution in [3.63, 3.8) is 0 Å². The number of imidazole rings is 1. The summed E-state index contributed by atoms with van der Waals surface area (Å²) in [5, 5.41) is 9.12. The molecule has 0 amide bonds. The first kappa shape index (κ1) is 11.5. The van der Waals surface area contributed by atoms with Crippen molar-refractivity contribution in [3.05, 3.63) is 28.5 Å². The number of thiazole rings is 1. The Bertz CT molecular complexity index is 777. The van der Waals surface area contributed by atoms with Crippen LogP contribution in [0.15, 0.2) is 22.9 Å². The Morgan fingerprint density at radius 1 is 1.56 bits per heavy atom. The lowest BCUT2D eigenvalue weighted by atomic mass is 10.2. The average molecular weight is 327 g/mol. The van der Waals surface area contributed by atoms with Crippen LogP contribution in [0, 0.1) is 0 Å². The molecule has 0 aliphatic heterocycles. The molecule has 0 saturated carbocycles. The van der Waals surface area contributed by atoms with Crippen LogP contribution in [0.4, 0.5) is 0 Å². The maximum Gasteiger partial charge on any atom is 0.339 e. The smallest absolute Gasteiger partial charge is 0.339 e. The number of aromatic nitrogens is 2. The van der Waals surface area contributed by atoms with Gasteiger partial charge in [0, 0.05) is 12.3 Å². The number of ether oxygens (including phenoxy) is 1. The Labute approximate surface area is 114 Å². The van der Waals surface area contributed by atoms with Gasteiger partial charge in [0.25, 0.3) is 0 Å². The summed E-state index contributed by atoms with van der Waals surface area (Å²) in [6.45, 7) is 0. The molecule has 0 fully saturated rings. The van der Waals surface area contributed by atoms with Gasteiger partial charge in [-0.1, -0.05) is 11.3 Å². The van der Waals surface area contributed by atoms with Gasteiger partial charge in [-0.05, 0) is 22.0 Å². The van der Waals surface area contributed by atoms with Crippen LogP contribution in [0.3, 0.4) is 0 Å². The monoisotopic (exact) mass is 326 g/mol. The number of carboxylic acids is 1. The van der Waals surface area contributed by atoms with Crippen LogP contribution in [0.2, 0.25) is 0 Å². The molecule has 3 aromatic rings. The predicted octanol–water partition coefficient (Wildman–Crippen LogP) is 3.02. The quantitative estimate of drug-likeness (QED) is 0.786. The van der Waals surface area contributed by atoms with Crippen LogP contribution in [0.5, 0.6) is 5.75 Å². The number of benzene rings is 1. The number of rotatable bonds is 2. The van der Waals surface area contributed by atoms with Crippen molar-refractivity contribution in [2.45, 2.75) is 0 Å². The first-order chi connectivity index (χ1) is 8.60. The third-order valence-electron chi connectivity index (χ3n) is 2.62. The van der Waals surface area contributed by atoms with Crippen molar-refractivity contribution < 1.29 is 14.6 Å². The largest absolute Gasteiger partial charge is 0.496 e. The lowest BCUT2D eigenvalue weighted by Crippen LogP contribution is -2.00. The SMILES string of the molecule is COc1cc2c(cc1C(=O)O)sc1nc(Br)cn12. The molecule has 7 heteroatoms. The summed E-state index contributed by atoms with van der Waals surface area (Å²) in [7, 11) is 1.46. The topological polar surface area (TPSA) is 63.8 Å². The van der Waals surface area contributed by atoms with Crippen LogP contribution in [-0.2, 0) is 0 Å². The molecule has 92 valence electrons. The van der Waals surface area contributed by atoms with Gasteiger partial charge in [-0.3, -0.25) is 4.40 Å². The molecule has 0 spiro atoms. The fourth-order valence-corrected chi connectivity index (χ4v) is 3.35. The zero-order valence-electron chi connectivity index (χ0n) is 9.18. The van der Waals surface area contributed by atoms with E-state index in [2.05, 4.69) is 20.9 Å². The molecule has 2 aromatic heterocycles. The zero-order chi connectivity index (χ0) is 12.9. The van der Waals surface area contributed by atoms with Gasteiger partial charge in [-0.25, -0.2) is 9.78 Å². The summed E-state index contributed by atoms with van der Waals surface area (Å²) < 4.78 is 8.63. The number of hydrogen-bond acceptors (Lipinski definition) is 4. The Kier molecular flexibility index (Phi) is 2.53. The average Bonchev–Trinajstić information content (AvgIpc) is 2.82. The fraction of sp³-hybridized carbons (Fsp3) is 0.0909. The molecule has 2 heterocycles. The number of methoxy groups -OCH3 is 1. The molecule has 0 saturated heterocycles. The molecule has 0 atom stereocenters. The van der Waals surface area contributed by atoms with Crippen LogP contribution in [0.1, 0.15) is 10.4 Å². The molecule has 1 N–H and O–H groups in total. The molecular formula is C11H7BrN2O3S. The van der Waals surface area contributed by atoms with Crippen molar-refractivity contribution >= 4 is 48.4 Å². The van der Waals surface area contributed by atoms with Gasteiger partial charge in [-0.2, -0.15) is 0 Å². The number of carboxylic acid groups (broad SMARTS) is 1. The van der Waals surface area contributed by atoms with E-state index in [4.69, 9.17) is 9.84 Å². The minimum atomic E-state index is -0.999. The Morgan fingerprint density at radius 2 is 2.33 bits per heavy atom. The van der Waals surface area contributed by atoms with E-state index in [0.717, 1.165) is 19.8 Å². The second-order valence-electron chi connectivity index (χ2n) is 3.64. The van der Waals surface area contributed by atoms with Crippen molar-refractivity contribution in [1.29, 1.82) is 0 Å². The van der Waals surface area contributed by atoms with Crippen molar-refractivity contribution in [1.82, 2.24) is 9.38 Å².